The number of carbonyl (C=O) groups is 1. The van der Waals surface area contributed by atoms with Crippen molar-refractivity contribution in [2.45, 2.75) is 13.0 Å². The van der Waals surface area contributed by atoms with Crippen molar-refractivity contribution in [3.63, 3.8) is 0 Å². The molecule has 8 heteroatoms. The van der Waals surface area contributed by atoms with Crippen LogP contribution >= 0.6 is 23.2 Å². The second-order valence-corrected chi connectivity index (χ2v) is 5.47. The quantitative estimate of drug-likeness (QED) is 0.640. The number of halogens is 2. The van der Waals surface area contributed by atoms with Gasteiger partial charge < -0.3 is 10.1 Å². The summed E-state index contributed by atoms with van der Waals surface area (Å²) in [5.41, 5.74) is -0.0200. The average molecular weight is 355 g/mol. The SMILES string of the molecule is CC(Oc1ccc(Cl)cc1)C(=O)Nc1cc([N+](=O)[O-])ccc1Cl. The molecule has 120 valence electrons. The molecule has 1 amide bonds. The van der Waals surface area contributed by atoms with E-state index in [4.69, 9.17) is 27.9 Å². The molecule has 1 unspecified atom stereocenters. The van der Waals surface area contributed by atoms with E-state index in [1.165, 1.54) is 18.2 Å². The molecule has 0 saturated carbocycles. The van der Waals surface area contributed by atoms with Crippen LogP contribution in [-0.4, -0.2) is 16.9 Å². The number of hydrogen-bond donors (Lipinski definition) is 1. The van der Waals surface area contributed by atoms with Crippen molar-refractivity contribution in [2.24, 2.45) is 0 Å². The maximum atomic E-state index is 12.1. The fourth-order valence-electron chi connectivity index (χ4n) is 1.73. The zero-order valence-corrected chi connectivity index (χ0v) is 13.5. The highest BCUT2D eigenvalue weighted by Gasteiger charge is 2.18. The molecule has 0 aliphatic heterocycles. The van der Waals surface area contributed by atoms with Crippen LogP contribution in [0.15, 0.2) is 42.5 Å². The van der Waals surface area contributed by atoms with Crippen LogP contribution in [0.4, 0.5) is 11.4 Å². The van der Waals surface area contributed by atoms with Gasteiger partial charge in [0.2, 0.25) is 0 Å². The van der Waals surface area contributed by atoms with Gasteiger partial charge in [-0.05, 0) is 37.3 Å². The van der Waals surface area contributed by atoms with Gasteiger partial charge in [-0.15, -0.1) is 0 Å². The number of non-ortho nitro benzene ring substituents is 1. The molecule has 6 nitrogen and oxygen atoms in total. The Labute approximate surface area is 142 Å². The fourth-order valence-corrected chi connectivity index (χ4v) is 2.02. The van der Waals surface area contributed by atoms with E-state index in [0.717, 1.165) is 0 Å². The lowest BCUT2D eigenvalue weighted by atomic mass is 10.2. The molecule has 2 aromatic carbocycles. The highest BCUT2D eigenvalue weighted by Crippen LogP contribution is 2.27. The van der Waals surface area contributed by atoms with Gasteiger partial charge in [0.25, 0.3) is 11.6 Å². The lowest BCUT2D eigenvalue weighted by molar-refractivity contribution is -0.384. The van der Waals surface area contributed by atoms with Crippen molar-refractivity contribution in [2.75, 3.05) is 5.32 Å². The van der Waals surface area contributed by atoms with Crippen LogP contribution in [0.2, 0.25) is 10.0 Å². The van der Waals surface area contributed by atoms with Gasteiger partial charge in [-0.3, -0.25) is 14.9 Å². The molecule has 0 fully saturated rings. The van der Waals surface area contributed by atoms with Crippen LogP contribution in [0.1, 0.15) is 6.92 Å². The van der Waals surface area contributed by atoms with Gasteiger partial charge in [-0.2, -0.15) is 0 Å². The summed E-state index contributed by atoms with van der Waals surface area (Å²) < 4.78 is 5.47. The second kappa shape index (κ2) is 7.30. The third-order valence-corrected chi connectivity index (χ3v) is 3.50. The Kier molecular flexibility index (Phi) is 5.41. The molecule has 0 aliphatic carbocycles. The summed E-state index contributed by atoms with van der Waals surface area (Å²) in [5, 5.41) is 14.0. The fraction of sp³-hybridized carbons (Fsp3) is 0.133. The number of amides is 1. The van der Waals surface area contributed by atoms with Crippen molar-refractivity contribution in [1.29, 1.82) is 0 Å². The van der Waals surface area contributed by atoms with Crippen molar-refractivity contribution in [1.82, 2.24) is 0 Å². The maximum Gasteiger partial charge on any atom is 0.271 e. The summed E-state index contributed by atoms with van der Waals surface area (Å²) in [7, 11) is 0. The first-order valence-electron chi connectivity index (χ1n) is 6.54. The lowest BCUT2D eigenvalue weighted by Gasteiger charge is -2.15. The third kappa shape index (κ3) is 4.58. The molecule has 1 atom stereocenters. The molecule has 2 aromatic rings. The molecule has 0 spiro atoms. The van der Waals surface area contributed by atoms with Gasteiger partial charge in [0, 0.05) is 17.2 Å². The number of hydrogen-bond acceptors (Lipinski definition) is 4. The van der Waals surface area contributed by atoms with E-state index in [1.54, 1.807) is 31.2 Å². The van der Waals surface area contributed by atoms with Gasteiger partial charge in [-0.25, -0.2) is 0 Å². The summed E-state index contributed by atoms with van der Waals surface area (Å²) in [6, 6.07) is 10.3. The van der Waals surface area contributed by atoms with E-state index in [2.05, 4.69) is 5.32 Å². The standard InChI is InChI=1S/C15H12Cl2N2O4/c1-9(23-12-5-2-10(16)3-6-12)15(20)18-14-8-11(19(21)22)4-7-13(14)17/h2-9H,1H3,(H,18,20). The van der Waals surface area contributed by atoms with Crippen molar-refractivity contribution in [3.8, 4) is 5.75 Å². The molecule has 0 bridgehead atoms. The van der Waals surface area contributed by atoms with E-state index in [9.17, 15) is 14.9 Å². The van der Waals surface area contributed by atoms with Crippen LogP contribution in [0.3, 0.4) is 0 Å². The Hall–Kier alpha value is -2.31. The molecule has 0 heterocycles. The number of benzene rings is 2. The summed E-state index contributed by atoms with van der Waals surface area (Å²) in [5.74, 6) is -0.00969. The first kappa shape index (κ1) is 17.1. The Morgan fingerprint density at radius 1 is 1.22 bits per heavy atom. The minimum absolute atomic E-state index is 0.150. The number of anilines is 1. The lowest BCUT2D eigenvalue weighted by Crippen LogP contribution is -2.30. The largest absolute Gasteiger partial charge is 0.481 e. The van der Waals surface area contributed by atoms with Crippen LogP contribution in [0, 0.1) is 10.1 Å². The van der Waals surface area contributed by atoms with E-state index in [-0.39, 0.29) is 16.4 Å². The molecule has 23 heavy (non-hydrogen) atoms. The summed E-state index contributed by atoms with van der Waals surface area (Å²) in [4.78, 5) is 22.3. The van der Waals surface area contributed by atoms with Gasteiger partial charge in [0.15, 0.2) is 6.10 Å². The maximum absolute atomic E-state index is 12.1. The molecule has 1 N–H and O–H groups in total. The van der Waals surface area contributed by atoms with E-state index in [1.807, 2.05) is 0 Å². The first-order chi connectivity index (χ1) is 10.9. The molecule has 0 radical (unpaired) electrons. The van der Waals surface area contributed by atoms with E-state index < -0.39 is 16.9 Å². The molecule has 2 rings (SSSR count). The Morgan fingerprint density at radius 3 is 2.48 bits per heavy atom. The van der Waals surface area contributed by atoms with Crippen LogP contribution in [0.25, 0.3) is 0 Å². The summed E-state index contributed by atoms with van der Waals surface area (Å²) in [6.45, 7) is 1.55. The highest BCUT2D eigenvalue weighted by molar-refractivity contribution is 6.33. The zero-order chi connectivity index (χ0) is 17.0. The Balaban J connectivity index is 2.07. The van der Waals surface area contributed by atoms with E-state index in [0.29, 0.717) is 10.8 Å². The zero-order valence-electron chi connectivity index (χ0n) is 12.0. The number of ether oxygens (including phenoxy) is 1. The van der Waals surface area contributed by atoms with Crippen molar-refractivity contribution in [3.05, 3.63) is 62.6 Å². The minimum atomic E-state index is -0.827. The second-order valence-electron chi connectivity index (χ2n) is 4.62. The molecule has 0 saturated heterocycles. The number of nitrogens with zero attached hydrogens (tertiary/aromatic N) is 1. The predicted molar refractivity (Wildman–Crippen MR) is 88.3 cm³/mol. The normalized spacial score (nSPS) is 11.6. The van der Waals surface area contributed by atoms with Crippen LogP contribution in [0.5, 0.6) is 5.75 Å². The third-order valence-electron chi connectivity index (χ3n) is 2.91. The van der Waals surface area contributed by atoms with Gasteiger partial charge in [0.05, 0.1) is 15.6 Å². The number of nitrogens with one attached hydrogen (secondary N) is 1. The first-order valence-corrected chi connectivity index (χ1v) is 7.29. The van der Waals surface area contributed by atoms with Gasteiger partial charge >= 0.3 is 0 Å². The Morgan fingerprint density at radius 2 is 1.87 bits per heavy atom. The predicted octanol–water partition coefficient (Wildman–Crippen LogP) is 4.31. The average Bonchev–Trinajstić information content (AvgIpc) is 2.51. The van der Waals surface area contributed by atoms with Crippen molar-refractivity contribution >= 4 is 40.5 Å². The van der Waals surface area contributed by atoms with Crippen molar-refractivity contribution < 1.29 is 14.5 Å². The van der Waals surface area contributed by atoms with Gasteiger partial charge in [-0.1, -0.05) is 23.2 Å². The monoisotopic (exact) mass is 354 g/mol. The molecular formula is C15H12Cl2N2O4. The number of nitro benzene ring substituents is 1. The Bertz CT molecular complexity index is 735. The summed E-state index contributed by atoms with van der Waals surface area (Å²) >= 11 is 11.7. The summed E-state index contributed by atoms with van der Waals surface area (Å²) in [6.07, 6.45) is -0.827. The highest BCUT2D eigenvalue weighted by atomic mass is 35.5. The number of nitro groups is 1. The molecule has 0 aliphatic rings. The van der Waals surface area contributed by atoms with Crippen LogP contribution < -0.4 is 10.1 Å². The topological polar surface area (TPSA) is 81.5 Å². The molecule has 0 aromatic heterocycles. The van der Waals surface area contributed by atoms with Crippen LogP contribution in [-0.2, 0) is 4.79 Å². The minimum Gasteiger partial charge on any atom is -0.481 e. The van der Waals surface area contributed by atoms with Gasteiger partial charge in [0.1, 0.15) is 5.75 Å². The number of rotatable bonds is 5. The molecular weight excluding hydrogens is 343 g/mol. The number of carbonyl (C=O) groups excluding carboxylic acids is 1. The van der Waals surface area contributed by atoms with E-state index >= 15 is 0 Å². The smallest absolute Gasteiger partial charge is 0.271 e.